The van der Waals surface area contributed by atoms with Crippen molar-refractivity contribution in [1.29, 1.82) is 0 Å². The number of carbonyl (C=O) groups excluding carboxylic acids is 5. The van der Waals surface area contributed by atoms with Gasteiger partial charge in [0.1, 0.15) is 25.0 Å². The van der Waals surface area contributed by atoms with Gasteiger partial charge in [0.05, 0.1) is 52.3 Å². The fourth-order valence-corrected chi connectivity index (χ4v) is 5.42. The molecule has 18 nitrogen and oxygen atoms in total. The van der Waals surface area contributed by atoms with Gasteiger partial charge in [-0.3, -0.25) is 24.0 Å². The lowest BCUT2D eigenvalue weighted by atomic mass is 10.0. The fraction of sp³-hybridized carbons (Fsp3) is 0.821. The van der Waals surface area contributed by atoms with Gasteiger partial charge in [-0.1, -0.05) is 64.2 Å². The topological polar surface area (TPSA) is 265 Å². The summed E-state index contributed by atoms with van der Waals surface area (Å²) >= 11 is 0. The molecule has 330 valence electrons. The molecule has 57 heavy (non-hydrogen) atoms. The molecule has 0 fully saturated rings. The van der Waals surface area contributed by atoms with Crippen molar-refractivity contribution in [2.75, 3.05) is 72.6 Å². The third-order valence-electron chi connectivity index (χ3n) is 8.62. The first-order valence-corrected chi connectivity index (χ1v) is 20.4. The Labute approximate surface area is 337 Å². The van der Waals surface area contributed by atoms with Crippen LogP contribution in [0, 0.1) is 0 Å². The van der Waals surface area contributed by atoms with Crippen molar-refractivity contribution in [1.82, 2.24) is 21.3 Å². The normalized spacial score (nSPS) is 12.0. The van der Waals surface area contributed by atoms with Crippen LogP contribution in [0.2, 0.25) is 0 Å². The Kier molecular flexibility index (Phi) is 35.4. The maximum Gasteiger partial charge on any atom is 0.326 e. The predicted molar refractivity (Wildman–Crippen MR) is 209 cm³/mol. The molecular formula is C39H70N4O14. The zero-order valence-electron chi connectivity index (χ0n) is 34.0. The number of ketones is 1. The van der Waals surface area contributed by atoms with Gasteiger partial charge in [-0.25, -0.2) is 4.79 Å². The van der Waals surface area contributed by atoms with Gasteiger partial charge in [0.15, 0.2) is 0 Å². The van der Waals surface area contributed by atoms with Crippen molar-refractivity contribution < 1.29 is 67.8 Å². The minimum absolute atomic E-state index is 0.00134. The summed E-state index contributed by atoms with van der Waals surface area (Å²) in [6.07, 6.45) is 13.9. The summed E-state index contributed by atoms with van der Waals surface area (Å²) in [6.45, 7) is 2.13. The standard InChI is InChI=1S/C39H70N4O14/c1-31(45)16-18-33(39(52)53)43-37(49)30-57-27-25-55-23-21-41-36(48)29-56-26-24-54-22-20-40-34(46)19-17-32(28-44)42-35(47)14-12-10-8-6-4-2-3-5-7-9-11-13-15-38(50)51/h32-33,44H,2-30H2,1H3,(H,40,46)(H,41,48)(H,42,47)(H,43,49)(H,50,51)(H,52,53). The van der Waals surface area contributed by atoms with Crippen LogP contribution >= 0.6 is 0 Å². The van der Waals surface area contributed by atoms with Crippen LogP contribution < -0.4 is 21.3 Å². The Morgan fingerprint density at radius 3 is 1.46 bits per heavy atom. The molecule has 0 aliphatic carbocycles. The third kappa shape index (κ3) is 37.6. The summed E-state index contributed by atoms with van der Waals surface area (Å²) < 4.78 is 21.1. The van der Waals surface area contributed by atoms with Gasteiger partial charge in [0.2, 0.25) is 23.6 Å². The average Bonchev–Trinajstić information content (AvgIpc) is 3.16. The largest absolute Gasteiger partial charge is 0.481 e. The van der Waals surface area contributed by atoms with Gasteiger partial charge in [-0.2, -0.15) is 0 Å². The number of carbonyl (C=O) groups is 7. The third-order valence-corrected chi connectivity index (χ3v) is 8.62. The molecule has 0 aromatic carbocycles. The summed E-state index contributed by atoms with van der Waals surface area (Å²) in [5.74, 6) is -3.43. The van der Waals surface area contributed by atoms with E-state index in [1.807, 2.05) is 0 Å². The first-order valence-electron chi connectivity index (χ1n) is 20.4. The number of carboxylic acid groups (broad SMARTS) is 2. The zero-order chi connectivity index (χ0) is 42.4. The second-order valence-electron chi connectivity index (χ2n) is 13.9. The van der Waals surface area contributed by atoms with E-state index >= 15 is 0 Å². The average molecular weight is 819 g/mol. The Hall–Kier alpha value is -3.71. The van der Waals surface area contributed by atoms with Crippen molar-refractivity contribution in [2.24, 2.45) is 0 Å². The number of nitrogens with one attached hydrogen (secondary N) is 4. The Bertz CT molecular complexity index is 1130. The number of hydrogen-bond donors (Lipinski definition) is 7. The molecule has 0 saturated heterocycles. The van der Waals surface area contributed by atoms with Crippen LogP contribution in [0.5, 0.6) is 0 Å². The zero-order valence-corrected chi connectivity index (χ0v) is 34.0. The van der Waals surface area contributed by atoms with E-state index in [-0.39, 0.29) is 122 Å². The molecule has 7 N–H and O–H groups in total. The summed E-state index contributed by atoms with van der Waals surface area (Å²) in [5.41, 5.74) is 0. The van der Waals surface area contributed by atoms with Crippen LogP contribution in [-0.2, 0) is 52.5 Å². The molecule has 0 aliphatic heterocycles. The Balaban J connectivity index is 3.65. The van der Waals surface area contributed by atoms with E-state index in [0.29, 0.717) is 12.8 Å². The van der Waals surface area contributed by atoms with Crippen molar-refractivity contribution in [2.45, 2.75) is 135 Å². The second kappa shape index (κ2) is 37.8. The molecule has 0 aromatic rings. The molecule has 0 spiro atoms. The fourth-order valence-electron chi connectivity index (χ4n) is 5.42. The van der Waals surface area contributed by atoms with Crippen molar-refractivity contribution in [3.8, 4) is 0 Å². The first kappa shape index (κ1) is 53.3. The van der Waals surface area contributed by atoms with Gasteiger partial charge >= 0.3 is 11.9 Å². The van der Waals surface area contributed by atoms with Crippen LogP contribution in [0.25, 0.3) is 0 Å². The molecule has 2 unspecified atom stereocenters. The van der Waals surface area contributed by atoms with Crippen molar-refractivity contribution in [3.05, 3.63) is 0 Å². The lowest BCUT2D eigenvalue weighted by Gasteiger charge is -2.16. The Morgan fingerprint density at radius 1 is 0.491 bits per heavy atom. The van der Waals surface area contributed by atoms with Gasteiger partial charge in [-0.05, 0) is 32.6 Å². The number of aliphatic hydroxyl groups excluding tert-OH is 1. The van der Waals surface area contributed by atoms with E-state index in [9.17, 15) is 38.7 Å². The van der Waals surface area contributed by atoms with Crippen LogP contribution in [0.4, 0.5) is 0 Å². The van der Waals surface area contributed by atoms with E-state index in [1.165, 1.54) is 32.6 Å². The molecule has 2 atom stereocenters. The summed E-state index contributed by atoms with van der Waals surface area (Å²) in [5, 5.41) is 37.9. The molecular weight excluding hydrogens is 748 g/mol. The molecule has 0 saturated carbocycles. The lowest BCUT2D eigenvalue weighted by molar-refractivity contribution is -0.143. The van der Waals surface area contributed by atoms with E-state index in [4.69, 9.17) is 29.2 Å². The number of ether oxygens (including phenoxy) is 4. The maximum absolute atomic E-state index is 12.3. The van der Waals surface area contributed by atoms with Crippen LogP contribution in [-0.4, -0.2) is 141 Å². The van der Waals surface area contributed by atoms with E-state index < -0.39 is 29.9 Å². The minimum Gasteiger partial charge on any atom is -0.481 e. The lowest BCUT2D eigenvalue weighted by Crippen LogP contribution is -2.42. The van der Waals surface area contributed by atoms with Crippen molar-refractivity contribution >= 4 is 41.4 Å². The number of hydrogen-bond acceptors (Lipinski definition) is 12. The maximum atomic E-state index is 12.3. The van der Waals surface area contributed by atoms with Gasteiger partial charge in [0, 0.05) is 38.8 Å². The molecule has 4 amide bonds. The monoisotopic (exact) mass is 818 g/mol. The highest BCUT2D eigenvalue weighted by molar-refractivity contribution is 5.85. The SMILES string of the molecule is CC(=O)CCC(NC(=O)COCCOCCNC(=O)COCCOCCNC(=O)CCC(CO)NC(=O)CCCCCCCCCCCCCCC(=O)O)C(=O)O. The first-order chi connectivity index (χ1) is 27.4. The summed E-state index contributed by atoms with van der Waals surface area (Å²) in [4.78, 5) is 80.9. The number of amides is 4. The number of Topliss-reactive ketones (excluding diaryl/α,β-unsaturated/α-hetero) is 1. The second-order valence-corrected chi connectivity index (χ2v) is 13.9. The van der Waals surface area contributed by atoms with Crippen LogP contribution in [0.15, 0.2) is 0 Å². The number of aliphatic hydroxyl groups is 1. The highest BCUT2D eigenvalue weighted by Gasteiger charge is 2.20. The summed E-state index contributed by atoms with van der Waals surface area (Å²) in [7, 11) is 0. The number of rotatable bonds is 41. The quantitative estimate of drug-likeness (QED) is 0.0436. The summed E-state index contributed by atoms with van der Waals surface area (Å²) in [6, 6.07) is -1.65. The molecule has 0 aromatic heterocycles. The molecule has 0 bridgehead atoms. The van der Waals surface area contributed by atoms with E-state index in [0.717, 1.165) is 51.4 Å². The van der Waals surface area contributed by atoms with E-state index in [2.05, 4.69) is 21.3 Å². The van der Waals surface area contributed by atoms with E-state index in [1.54, 1.807) is 0 Å². The highest BCUT2D eigenvalue weighted by atomic mass is 16.5. The minimum atomic E-state index is -1.23. The predicted octanol–water partition coefficient (Wildman–Crippen LogP) is 2.03. The molecule has 0 heterocycles. The highest BCUT2D eigenvalue weighted by Crippen LogP contribution is 2.13. The number of unbranched alkanes of at least 4 members (excludes halogenated alkanes) is 11. The molecule has 18 heteroatoms. The molecule has 0 aliphatic rings. The van der Waals surface area contributed by atoms with Crippen molar-refractivity contribution in [3.63, 3.8) is 0 Å². The van der Waals surface area contributed by atoms with Gasteiger partial charge in [-0.15, -0.1) is 0 Å². The van der Waals surface area contributed by atoms with Gasteiger partial charge < -0.3 is 60.3 Å². The Morgan fingerprint density at radius 2 is 0.965 bits per heavy atom. The number of carboxylic acids is 2. The van der Waals surface area contributed by atoms with Crippen LogP contribution in [0.3, 0.4) is 0 Å². The number of aliphatic carboxylic acids is 2. The van der Waals surface area contributed by atoms with Gasteiger partial charge in [0.25, 0.3) is 0 Å². The molecule has 0 radical (unpaired) electrons. The molecule has 0 rings (SSSR count). The smallest absolute Gasteiger partial charge is 0.326 e. The van der Waals surface area contributed by atoms with Crippen LogP contribution in [0.1, 0.15) is 122 Å².